The molecule has 1 heterocycles. The highest BCUT2D eigenvalue weighted by Gasteiger charge is 2.15. The number of hydrogen-bond donors (Lipinski definition) is 6. The van der Waals surface area contributed by atoms with E-state index < -0.39 is 17.1 Å². The number of nitrogens with zero attached hydrogens (tertiary/aromatic N) is 3. The van der Waals surface area contributed by atoms with Crippen LogP contribution in [0.3, 0.4) is 0 Å². The lowest BCUT2D eigenvalue weighted by Gasteiger charge is -2.14. The van der Waals surface area contributed by atoms with Gasteiger partial charge in [-0.2, -0.15) is 0 Å². The molecule has 0 saturated heterocycles. The van der Waals surface area contributed by atoms with Crippen LogP contribution in [-0.2, 0) is 33.8 Å². The third kappa shape index (κ3) is 23.0. The smallest absolute Gasteiger partial charge is 0.336 e. The van der Waals surface area contributed by atoms with Crippen LogP contribution < -0.4 is 49.0 Å². The number of hydrogen-bond acceptors (Lipinski definition) is 9. The van der Waals surface area contributed by atoms with Crippen LogP contribution in [0.4, 0.5) is 14.4 Å². The van der Waals surface area contributed by atoms with E-state index in [9.17, 15) is 28.8 Å². The lowest BCUT2D eigenvalue weighted by Crippen LogP contribution is -2.54. The predicted octanol–water partition coefficient (Wildman–Crippen LogP) is 1.86. The Morgan fingerprint density at radius 1 is 0.370 bits per heavy atom. The standard InChI is InChI=1S/C36H69N9O9/c1-52-28-16-22-40-31(46)37-19-10-4-7-13-25-43-34(49)44(26-14-8-5-11-20-38-32(47)41-23-17-29-53-2)36(51)45(35(43)50)27-15-9-6-12-21-39-33(48)42-24-18-30-54-3/h4-30H2,1-3H3,(H2,37,40,46)(H2,38,41,47)(H2,39,42,48). The summed E-state index contributed by atoms with van der Waals surface area (Å²) in [6, 6.07) is -0.660. The van der Waals surface area contributed by atoms with Crippen LogP contribution in [0, 0.1) is 0 Å². The highest BCUT2D eigenvalue weighted by molar-refractivity contribution is 5.74. The minimum Gasteiger partial charge on any atom is -0.385 e. The Morgan fingerprint density at radius 2 is 0.593 bits per heavy atom. The van der Waals surface area contributed by atoms with Gasteiger partial charge in [0.1, 0.15) is 0 Å². The van der Waals surface area contributed by atoms with Crippen molar-refractivity contribution in [3.8, 4) is 0 Å². The summed E-state index contributed by atoms with van der Waals surface area (Å²) in [5, 5.41) is 16.8. The lowest BCUT2D eigenvalue weighted by molar-refractivity contribution is 0.193. The maximum absolute atomic E-state index is 13.4. The average Bonchev–Trinajstić information content (AvgIpc) is 3.16. The SMILES string of the molecule is COCCCNC(=O)NCCCCCCn1c(=O)n(CCCCCCNC(=O)NCCCOC)c(=O)n(CCCCCCNC(=O)NCCCOC)c1=O. The van der Waals surface area contributed by atoms with Crippen LogP contribution in [0.15, 0.2) is 14.4 Å². The van der Waals surface area contributed by atoms with Crippen molar-refractivity contribution >= 4 is 18.1 Å². The van der Waals surface area contributed by atoms with E-state index >= 15 is 0 Å². The zero-order chi connectivity index (χ0) is 39.7. The third-order valence-electron chi connectivity index (χ3n) is 8.60. The van der Waals surface area contributed by atoms with Crippen LogP contribution in [0.5, 0.6) is 0 Å². The van der Waals surface area contributed by atoms with Crippen LogP contribution in [0.1, 0.15) is 96.3 Å². The normalized spacial score (nSPS) is 10.9. The summed E-state index contributed by atoms with van der Waals surface area (Å²) in [7, 11) is 4.85. The predicted molar refractivity (Wildman–Crippen MR) is 208 cm³/mol. The zero-order valence-electron chi connectivity index (χ0n) is 33.1. The summed E-state index contributed by atoms with van der Waals surface area (Å²) >= 11 is 0. The molecule has 0 aliphatic rings. The third-order valence-corrected chi connectivity index (χ3v) is 8.60. The van der Waals surface area contributed by atoms with Crippen LogP contribution in [-0.4, -0.2) is 112 Å². The minimum atomic E-state index is -0.591. The Labute approximate surface area is 319 Å². The highest BCUT2D eigenvalue weighted by Crippen LogP contribution is 2.03. The van der Waals surface area contributed by atoms with E-state index in [0.717, 1.165) is 77.0 Å². The van der Waals surface area contributed by atoms with Crippen molar-refractivity contribution in [3.63, 3.8) is 0 Å². The van der Waals surface area contributed by atoms with Gasteiger partial charge in [0, 0.05) is 100 Å². The molecular weight excluding hydrogens is 702 g/mol. The molecule has 18 heteroatoms. The van der Waals surface area contributed by atoms with Gasteiger partial charge in [0.25, 0.3) is 0 Å². The molecule has 54 heavy (non-hydrogen) atoms. The fraction of sp³-hybridized carbons (Fsp3) is 0.833. The molecule has 0 atom stereocenters. The summed E-state index contributed by atoms with van der Waals surface area (Å²) in [5.74, 6) is 0. The molecule has 312 valence electrons. The van der Waals surface area contributed by atoms with Crippen molar-refractivity contribution in [1.29, 1.82) is 0 Å². The molecule has 18 nitrogen and oxygen atoms in total. The Morgan fingerprint density at radius 3 is 0.833 bits per heavy atom. The lowest BCUT2D eigenvalue weighted by atomic mass is 10.2. The first-order valence-corrected chi connectivity index (χ1v) is 19.7. The van der Waals surface area contributed by atoms with Crippen molar-refractivity contribution in [2.45, 2.75) is 116 Å². The number of aromatic nitrogens is 3. The van der Waals surface area contributed by atoms with Crippen molar-refractivity contribution in [2.75, 3.05) is 80.4 Å². The molecule has 0 fully saturated rings. The maximum atomic E-state index is 13.4. The number of rotatable bonds is 33. The van der Waals surface area contributed by atoms with Gasteiger partial charge in [0.2, 0.25) is 0 Å². The van der Waals surface area contributed by atoms with Crippen molar-refractivity contribution in [1.82, 2.24) is 45.6 Å². The van der Waals surface area contributed by atoms with Gasteiger partial charge in [0.15, 0.2) is 0 Å². The number of carbonyl (C=O) groups is 3. The summed E-state index contributed by atoms with van der Waals surface area (Å²) in [4.78, 5) is 75.9. The van der Waals surface area contributed by atoms with E-state index in [1.807, 2.05) is 0 Å². The van der Waals surface area contributed by atoms with Gasteiger partial charge in [-0.15, -0.1) is 0 Å². The molecule has 6 N–H and O–H groups in total. The molecule has 0 radical (unpaired) electrons. The topological polar surface area (TPSA) is 217 Å². The number of urea groups is 3. The Balaban J connectivity index is 2.67. The number of methoxy groups -OCH3 is 3. The Kier molecular flexibility index (Phi) is 29.0. The van der Waals surface area contributed by atoms with E-state index in [-0.39, 0.29) is 37.7 Å². The van der Waals surface area contributed by atoms with Gasteiger partial charge in [0.05, 0.1) is 0 Å². The number of carbonyl (C=O) groups excluding carboxylic acids is 3. The first kappa shape index (κ1) is 48.1. The second-order valence-corrected chi connectivity index (χ2v) is 13.1. The zero-order valence-corrected chi connectivity index (χ0v) is 33.1. The van der Waals surface area contributed by atoms with E-state index in [0.29, 0.717) is 78.4 Å². The highest BCUT2D eigenvalue weighted by atomic mass is 16.5. The van der Waals surface area contributed by atoms with E-state index in [1.54, 1.807) is 21.3 Å². The molecule has 0 aromatic carbocycles. The first-order chi connectivity index (χ1) is 26.3. The van der Waals surface area contributed by atoms with Crippen molar-refractivity contribution in [2.24, 2.45) is 0 Å². The molecule has 0 aliphatic heterocycles. The fourth-order valence-electron chi connectivity index (χ4n) is 5.55. The summed E-state index contributed by atoms with van der Waals surface area (Å²) in [6.07, 6.45) is 10.9. The first-order valence-electron chi connectivity index (χ1n) is 19.7. The fourth-order valence-corrected chi connectivity index (χ4v) is 5.55. The van der Waals surface area contributed by atoms with Gasteiger partial charge >= 0.3 is 35.2 Å². The van der Waals surface area contributed by atoms with Gasteiger partial charge < -0.3 is 46.1 Å². The van der Waals surface area contributed by atoms with Crippen LogP contribution >= 0.6 is 0 Å². The Bertz CT molecular complexity index is 1150. The molecule has 0 aliphatic carbocycles. The van der Waals surface area contributed by atoms with Gasteiger partial charge in [-0.05, 0) is 57.8 Å². The van der Waals surface area contributed by atoms with E-state index in [2.05, 4.69) is 31.9 Å². The van der Waals surface area contributed by atoms with E-state index in [4.69, 9.17) is 14.2 Å². The maximum Gasteiger partial charge on any atom is 0.336 e. The molecule has 6 amide bonds. The summed E-state index contributed by atoms with van der Waals surface area (Å²) in [6.45, 7) is 5.51. The number of unbranched alkanes of at least 4 members (excludes halogenated alkanes) is 9. The Hall–Kier alpha value is -3.90. The number of ether oxygens (including phenoxy) is 3. The minimum absolute atomic E-state index is 0.198. The van der Waals surface area contributed by atoms with E-state index in [1.165, 1.54) is 13.7 Å². The monoisotopic (exact) mass is 772 g/mol. The van der Waals surface area contributed by atoms with Gasteiger partial charge in [-0.3, -0.25) is 0 Å². The molecule has 1 aromatic rings. The molecular formula is C36H69N9O9. The van der Waals surface area contributed by atoms with Gasteiger partial charge in [-0.25, -0.2) is 42.5 Å². The molecule has 0 spiro atoms. The second-order valence-electron chi connectivity index (χ2n) is 13.1. The summed E-state index contributed by atoms with van der Waals surface area (Å²) < 4.78 is 18.4. The molecule has 1 rings (SSSR count). The molecule has 1 aromatic heterocycles. The molecule has 0 unspecified atom stereocenters. The quantitative estimate of drug-likeness (QED) is 0.0575. The van der Waals surface area contributed by atoms with Crippen LogP contribution in [0.25, 0.3) is 0 Å². The average molecular weight is 772 g/mol. The number of amides is 6. The van der Waals surface area contributed by atoms with Gasteiger partial charge in [-0.1, -0.05) is 38.5 Å². The number of nitrogens with one attached hydrogen (secondary N) is 6. The second kappa shape index (κ2) is 32.5. The molecule has 0 bridgehead atoms. The van der Waals surface area contributed by atoms with Crippen molar-refractivity contribution in [3.05, 3.63) is 31.5 Å². The summed E-state index contributed by atoms with van der Waals surface area (Å²) in [5.41, 5.74) is -1.77. The molecule has 0 saturated carbocycles. The largest absolute Gasteiger partial charge is 0.385 e. The van der Waals surface area contributed by atoms with Crippen molar-refractivity contribution < 1.29 is 28.6 Å². The van der Waals surface area contributed by atoms with Crippen LogP contribution in [0.2, 0.25) is 0 Å².